The van der Waals surface area contributed by atoms with Crippen molar-refractivity contribution in [2.24, 2.45) is 5.92 Å². The Kier molecular flexibility index (Phi) is 5.02. The largest absolute Gasteiger partial charge is 0.381 e. The molecule has 2 aromatic heterocycles. The molecule has 9 heteroatoms. The van der Waals surface area contributed by atoms with Crippen LogP contribution in [-0.2, 0) is 17.8 Å². The van der Waals surface area contributed by atoms with Gasteiger partial charge in [-0.25, -0.2) is 9.67 Å². The van der Waals surface area contributed by atoms with Gasteiger partial charge in [-0.2, -0.15) is 5.10 Å². The standard InChI is InChI=1S/C16H26N8O/c1-12-17-16(20-18-12)14-4-2-3-7-23(14)11-15-19-21-22-24(15)10-13-5-8-25-9-6-13/h13-14H,2-11H2,1H3,(H,17,18,20). The average molecular weight is 346 g/mol. The van der Waals surface area contributed by atoms with Crippen LogP contribution < -0.4 is 0 Å². The normalized spacial score (nSPS) is 23.2. The van der Waals surface area contributed by atoms with Crippen molar-refractivity contribution in [1.29, 1.82) is 0 Å². The van der Waals surface area contributed by atoms with Gasteiger partial charge in [0.05, 0.1) is 12.6 Å². The van der Waals surface area contributed by atoms with Gasteiger partial charge in [0.25, 0.3) is 0 Å². The second-order valence-electron chi connectivity index (χ2n) is 7.09. The van der Waals surface area contributed by atoms with E-state index < -0.39 is 0 Å². The third-order valence-electron chi connectivity index (χ3n) is 5.25. The van der Waals surface area contributed by atoms with Crippen LogP contribution in [0.5, 0.6) is 0 Å². The Morgan fingerprint density at radius 1 is 1.20 bits per heavy atom. The predicted molar refractivity (Wildman–Crippen MR) is 89.5 cm³/mol. The summed E-state index contributed by atoms with van der Waals surface area (Å²) in [6.45, 7) is 6.29. The van der Waals surface area contributed by atoms with Crippen LogP contribution in [0.15, 0.2) is 0 Å². The van der Waals surface area contributed by atoms with Crippen molar-refractivity contribution < 1.29 is 4.74 Å². The van der Waals surface area contributed by atoms with Crippen LogP contribution >= 0.6 is 0 Å². The fourth-order valence-corrected chi connectivity index (χ4v) is 3.82. The van der Waals surface area contributed by atoms with Gasteiger partial charge in [-0.15, -0.1) is 5.10 Å². The number of piperidine rings is 1. The molecule has 0 saturated carbocycles. The van der Waals surface area contributed by atoms with Gasteiger partial charge in [-0.05, 0) is 55.5 Å². The zero-order valence-corrected chi connectivity index (χ0v) is 14.8. The van der Waals surface area contributed by atoms with Gasteiger partial charge in [-0.3, -0.25) is 10.00 Å². The highest BCUT2D eigenvalue weighted by atomic mass is 16.5. The summed E-state index contributed by atoms with van der Waals surface area (Å²) in [7, 11) is 0. The topological polar surface area (TPSA) is 97.6 Å². The SMILES string of the molecule is Cc1nc(C2CCCCN2Cc2nnnn2CC2CCOCC2)n[nH]1. The van der Waals surface area contributed by atoms with Crippen LogP contribution in [0.3, 0.4) is 0 Å². The maximum atomic E-state index is 5.45. The molecule has 0 amide bonds. The van der Waals surface area contributed by atoms with Crippen molar-refractivity contribution in [3.05, 3.63) is 17.5 Å². The number of tetrazole rings is 1. The first-order valence-electron chi connectivity index (χ1n) is 9.25. The van der Waals surface area contributed by atoms with E-state index in [2.05, 4.69) is 35.6 Å². The maximum absolute atomic E-state index is 5.45. The van der Waals surface area contributed by atoms with Crippen molar-refractivity contribution in [1.82, 2.24) is 40.3 Å². The molecule has 2 saturated heterocycles. The molecule has 0 aromatic carbocycles. The number of hydrogen-bond donors (Lipinski definition) is 1. The van der Waals surface area contributed by atoms with Crippen LogP contribution in [0.1, 0.15) is 55.6 Å². The molecule has 2 aliphatic rings. The third kappa shape index (κ3) is 3.87. The Bertz CT molecular complexity index is 677. The highest BCUT2D eigenvalue weighted by molar-refractivity contribution is 4.99. The van der Waals surface area contributed by atoms with Crippen molar-refractivity contribution in [2.75, 3.05) is 19.8 Å². The maximum Gasteiger partial charge on any atom is 0.167 e. The fraction of sp³-hybridized carbons (Fsp3) is 0.812. The van der Waals surface area contributed by atoms with Gasteiger partial charge in [0.15, 0.2) is 11.6 Å². The minimum absolute atomic E-state index is 0.243. The lowest BCUT2D eigenvalue weighted by atomic mass is 10.0. The molecule has 4 heterocycles. The summed E-state index contributed by atoms with van der Waals surface area (Å²) in [6.07, 6.45) is 5.66. The van der Waals surface area contributed by atoms with Crippen molar-refractivity contribution in [3.63, 3.8) is 0 Å². The van der Waals surface area contributed by atoms with Crippen molar-refractivity contribution >= 4 is 0 Å². The molecular weight excluding hydrogens is 320 g/mol. The van der Waals surface area contributed by atoms with Gasteiger partial charge in [0.1, 0.15) is 5.82 Å². The number of likely N-dealkylation sites (tertiary alicyclic amines) is 1. The molecule has 1 N–H and O–H groups in total. The molecular formula is C16H26N8O. The number of ether oxygens (including phenoxy) is 1. The Hall–Kier alpha value is -1.87. The molecule has 0 spiro atoms. The van der Waals surface area contributed by atoms with Gasteiger partial charge in [0.2, 0.25) is 0 Å². The second kappa shape index (κ2) is 7.57. The van der Waals surface area contributed by atoms with Gasteiger partial charge in [-0.1, -0.05) is 6.42 Å². The molecule has 2 fully saturated rings. The number of H-pyrrole nitrogens is 1. The molecule has 1 atom stereocenters. The van der Waals surface area contributed by atoms with Crippen LogP contribution in [0.4, 0.5) is 0 Å². The summed E-state index contributed by atoms with van der Waals surface area (Å²) >= 11 is 0. The summed E-state index contributed by atoms with van der Waals surface area (Å²) in [6, 6.07) is 0.243. The number of rotatable bonds is 5. The van der Waals surface area contributed by atoms with Crippen LogP contribution in [0.2, 0.25) is 0 Å². The number of nitrogens with zero attached hydrogens (tertiary/aromatic N) is 7. The summed E-state index contributed by atoms with van der Waals surface area (Å²) in [5.74, 6) is 3.29. The molecule has 1 unspecified atom stereocenters. The zero-order valence-electron chi connectivity index (χ0n) is 14.8. The quantitative estimate of drug-likeness (QED) is 0.870. The Labute approximate surface area is 147 Å². The monoisotopic (exact) mass is 346 g/mol. The van der Waals surface area contributed by atoms with Crippen LogP contribution in [0, 0.1) is 12.8 Å². The second-order valence-corrected chi connectivity index (χ2v) is 7.09. The van der Waals surface area contributed by atoms with E-state index in [0.717, 1.165) is 69.6 Å². The number of hydrogen-bond acceptors (Lipinski definition) is 7. The predicted octanol–water partition coefficient (Wildman–Crippen LogP) is 1.25. The van der Waals surface area contributed by atoms with E-state index in [1.54, 1.807) is 0 Å². The fourth-order valence-electron chi connectivity index (χ4n) is 3.82. The molecule has 2 aliphatic heterocycles. The molecule has 136 valence electrons. The van der Waals surface area contributed by atoms with E-state index in [4.69, 9.17) is 4.74 Å². The van der Waals surface area contributed by atoms with E-state index in [9.17, 15) is 0 Å². The van der Waals surface area contributed by atoms with Crippen molar-refractivity contribution in [3.8, 4) is 0 Å². The first-order chi connectivity index (χ1) is 12.3. The minimum atomic E-state index is 0.243. The summed E-state index contributed by atoms with van der Waals surface area (Å²) < 4.78 is 7.43. The molecule has 0 radical (unpaired) electrons. The number of nitrogens with one attached hydrogen (secondary N) is 1. The van der Waals surface area contributed by atoms with Gasteiger partial charge in [0, 0.05) is 19.8 Å². The van der Waals surface area contributed by atoms with E-state index >= 15 is 0 Å². The first-order valence-corrected chi connectivity index (χ1v) is 9.25. The highest BCUT2D eigenvalue weighted by Gasteiger charge is 2.29. The molecule has 4 rings (SSSR count). The molecule has 0 aliphatic carbocycles. The summed E-state index contributed by atoms with van der Waals surface area (Å²) in [4.78, 5) is 6.96. The average Bonchev–Trinajstić information content (AvgIpc) is 3.26. The number of aromatic amines is 1. The lowest BCUT2D eigenvalue weighted by Gasteiger charge is -2.33. The zero-order chi connectivity index (χ0) is 17.1. The highest BCUT2D eigenvalue weighted by Crippen LogP contribution is 2.30. The number of aromatic nitrogens is 7. The van der Waals surface area contributed by atoms with E-state index in [0.29, 0.717) is 5.92 Å². The summed E-state index contributed by atoms with van der Waals surface area (Å²) in [5.41, 5.74) is 0. The lowest BCUT2D eigenvalue weighted by Crippen LogP contribution is -2.35. The van der Waals surface area contributed by atoms with E-state index in [1.807, 2.05) is 11.6 Å². The number of aryl methyl sites for hydroxylation is 1. The summed E-state index contributed by atoms with van der Waals surface area (Å²) in [5, 5.41) is 19.8. The van der Waals surface area contributed by atoms with Gasteiger partial charge < -0.3 is 4.74 Å². The van der Waals surface area contributed by atoms with Gasteiger partial charge >= 0.3 is 0 Å². The Balaban J connectivity index is 1.46. The third-order valence-corrected chi connectivity index (χ3v) is 5.25. The Morgan fingerprint density at radius 2 is 2.08 bits per heavy atom. The first kappa shape index (κ1) is 16.6. The van der Waals surface area contributed by atoms with Crippen LogP contribution in [-0.4, -0.2) is 60.0 Å². The molecule has 2 aromatic rings. The minimum Gasteiger partial charge on any atom is -0.381 e. The molecule has 0 bridgehead atoms. The van der Waals surface area contributed by atoms with E-state index in [-0.39, 0.29) is 6.04 Å². The van der Waals surface area contributed by atoms with Crippen LogP contribution in [0.25, 0.3) is 0 Å². The van der Waals surface area contributed by atoms with E-state index in [1.165, 1.54) is 12.8 Å². The smallest absolute Gasteiger partial charge is 0.167 e. The lowest BCUT2D eigenvalue weighted by molar-refractivity contribution is 0.0589. The van der Waals surface area contributed by atoms with Crippen molar-refractivity contribution in [2.45, 2.75) is 58.2 Å². The molecule has 25 heavy (non-hydrogen) atoms. The Morgan fingerprint density at radius 3 is 2.88 bits per heavy atom. The molecule has 9 nitrogen and oxygen atoms in total.